The van der Waals surface area contributed by atoms with E-state index in [1.807, 2.05) is 0 Å². The fourth-order valence-electron chi connectivity index (χ4n) is 0.873. The van der Waals surface area contributed by atoms with E-state index in [1.54, 1.807) is 7.05 Å². The van der Waals surface area contributed by atoms with Gasteiger partial charge in [-0.05, 0) is 18.2 Å². The second-order valence-electron chi connectivity index (χ2n) is 2.44. The van der Waals surface area contributed by atoms with Crippen LogP contribution in [0, 0.1) is 0 Å². The van der Waals surface area contributed by atoms with Crippen molar-refractivity contribution in [2.45, 2.75) is 4.90 Å². The molecule has 1 aromatic rings. The Morgan fingerprint density at radius 1 is 1.46 bits per heavy atom. The second-order valence-corrected chi connectivity index (χ2v) is 4.41. The van der Waals surface area contributed by atoms with Crippen LogP contribution in [0.25, 0.3) is 0 Å². The molecule has 0 amide bonds. The maximum Gasteiger partial charge on any atom is 0.238 e. The van der Waals surface area contributed by atoms with Gasteiger partial charge in [-0.15, -0.1) is 0 Å². The summed E-state index contributed by atoms with van der Waals surface area (Å²) in [6.45, 7) is 0. The molecule has 0 fully saturated rings. The van der Waals surface area contributed by atoms with Crippen molar-refractivity contribution in [3.8, 4) is 0 Å². The van der Waals surface area contributed by atoms with Gasteiger partial charge in [-0.1, -0.05) is 11.6 Å². The quantitative estimate of drug-likeness (QED) is 0.782. The van der Waals surface area contributed by atoms with Crippen LogP contribution >= 0.6 is 11.6 Å². The molecule has 0 unspecified atom stereocenters. The molecule has 0 heterocycles. The number of hydrogen-bond acceptors (Lipinski definition) is 3. The number of rotatable bonds is 2. The van der Waals surface area contributed by atoms with Crippen LogP contribution in [-0.2, 0) is 10.0 Å². The predicted octanol–water partition coefficient (Wildman–Crippen LogP) is 1.03. The molecule has 0 radical (unpaired) electrons. The van der Waals surface area contributed by atoms with Crippen molar-refractivity contribution < 1.29 is 8.42 Å². The molecular formula is C7H9ClN2O2S. The maximum atomic E-state index is 10.9. The lowest BCUT2D eigenvalue weighted by molar-refractivity contribution is 0.598. The Hall–Kier alpha value is -0.780. The van der Waals surface area contributed by atoms with Crippen molar-refractivity contribution in [3.63, 3.8) is 0 Å². The van der Waals surface area contributed by atoms with Gasteiger partial charge in [0, 0.05) is 7.05 Å². The van der Waals surface area contributed by atoms with Gasteiger partial charge in [0.2, 0.25) is 10.0 Å². The van der Waals surface area contributed by atoms with Crippen molar-refractivity contribution in [1.82, 2.24) is 0 Å². The van der Waals surface area contributed by atoms with Crippen molar-refractivity contribution >= 4 is 27.3 Å². The lowest BCUT2D eigenvalue weighted by Gasteiger charge is -2.04. The molecule has 0 saturated heterocycles. The van der Waals surface area contributed by atoms with E-state index in [2.05, 4.69) is 5.32 Å². The molecule has 0 aromatic heterocycles. The number of sulfonamides is 1. The van der Waals surface area contributed by atoms with Gasteiger partial charge in [-0.2, -0.15) is 0 Å². The Balaban J connectivity index is 3.30. The number of nitrogens with one attached hydrogen (secondary N) is 1. The topological polar surface area (TPSA) is 72.2 Å². The second kappa shape index (κ2) is 3.53. The first kappa shape index (κ1) is 10.3. The van der Waals surface area contributed by atoms with Crippen LogP contribution in [0.1, 0.15) is 0 Å². The minimum absolute atomic E-state index is 0.0428. The van der Waals surface area contributed by atoms with E-state index in [-0.39, 0.29) is 4.90 Å². The average molecular weight is 221 g/mol. The predicted molar refractivity (Wildman–Crippen MR) is 52.4 cm³/mol. The lowest BCUT2D eigenvalue weighted by atomic mass is 10.3. The molecule has 1 aromatic carbocycles. The molecule has 6 heteroatoms. The van der Waals surface area contributed by atoms with Gasteiger partial charge < -0.3 is 5.32 Å². The number of primary sulfonamides is 1. The van der Waals surface area contributed by atoms with Gasteiger partial charge in [0.25, 0.3) is 0 Å². The van der Waals surface area contributed by atoms with Crippen molar-refractivity contribution in [3.05, 3.63) is 23.2 Å². The molecule has 0 aliphatic rings. The summed E-state index contributed by atoms with van der Waals surface area (Å²) in [5.41, 5.74) is 0.535. The van der Waals surface area contributed by atoms with Gasteiger partial charge in [-0.25, -0.2) is 13.6 Å². The fraction of sp³-hybridized carbons (Fsp3) is 0.143. The third-order valence-corrected chi connectivity index (χ3v) is 2.78. The third kappa shape index (κ3) is 2.33. The van der Waals surface area contributed by atoms with Crippen LogP contribution in [0.3, 0.4) is 0 Å². The molecule has 0 spiro atoms. The molecule has 1 rings (SSSR count). The first-order chi connectivity index (χ1) is 5.95. The molecule has 3 N–H and O–H groups in total. The van der Waals surface area contributed by atoms with Crippen LogP contribution in [0.5, 0.6) is 0 Å². The van der Waals surface area contributed by atoms with Gasteiger partial charge in [-0.3, -0.25) is 0 Å². The van der Waals surface area contributed by atoms with Gasteiger partial charge in [0.05, 0.1) is 15.6 Å². The van der Waals surface area contributed by atoms with Crippen LogP contribution in [0.4, 0.5) is 5.69 Å². The summed E-state index contributed by atoms with van der Waals surface area (Å²) in [5.74, 6) is 0. The van der Waals surface area contributed by atoms with Crippen LogP contribution < -0.4 is 10.5 Å². The van der Waals surface area contributed by atoms with Crippen molar-refractivity contribution in [1.29, 1.82) is 0 Å². The Labute approximate surface area is 81.8 Å². The SMILES string of the molecule is CNc1cc(S(N)(=O)=O)ccc1Cl. The van der Waals surface area contributed by atoms with Crippen molar-refractivity contribution in [2.24, 2.45) is 5.14 Å². The highest BCUT2D eigenvalue weighted by Gasteiger charge is 2.09. The van der Waals surface area contributed by atoms with Gasteiger partial charge in [0.1, 0.15) is 0 Å². The van der Waals surface area contributed by atoms with E-state index in [4.69, 9.17) is 16.7 Å². The molecular weight excluding hydrogens is 212 g/mol. The third-order valence-electron chi connectivity index (χ3n) is 1.54. The van der Waals surface area contributed by atoms with Crippen LogP contribution in [0.15, 0.2) is 23.1 Å². The van der Waals surface area contributed by atoms with Crippen molar-refractivity contribution in [2.75, 3.05) is 12.4 Å². The highest BCUT2D eigenvalue weighted by atomic mass is 35.5. The zero-order valence-electron chi connectivity index (χ0n) is 6.91. The molecule has 4 nitrogen and oxygen atoms in total. The average Bonchev–Trinajstić information content (AvgIpc) is 2.03. The van der Waals surface area contributed by atoms with E-state index in [0.717, 1.165) is 0 Å². The Bertz CT molecular complexity index is 417. The van der Waals surface area contributed by atoms with Crippen LogP contribution in [-0.4, -0.2) is 15.5 Å². The summed E-state index contributed by atoms with van der Waals surface area (Å²) in [6.07, 6.45) is 0. The largest absolute Gasteiger partial charge is 0.387 e. The van der Waals surface area contributed by atoms with Crippen LogP contribution in [0.2, 0.25) is 5.02 Å². The molecule has 0 aliphatic heterocycles. The molecule has 0 saturated carbocycles. The maximum absolute atomic E-state index is 10.9. The molecule has 0 aliphatic carbocycles. The van der Waals surface area contributed by atoms with Gasteiger partial charge in [0.15, 0.2) is 0 Å². The van der Waals surface area contributed by atoms with Gasteiger partial charge >= 0.3 is 0 Å². The normalized spacial score (nSPS) is 11.3. The number of halogens is 1. The lowest BCUT2D eigenvalue weighted by Crippen LogP contribution is -2.12. The first-order valence-corrected chi connectivity index (χ1v) is 5.37. The highest BCUT2D eigenvalue weighted by molar-refractivity contribution is 7.89. The molecule has 13 heavy (non-hydrogen) atoms. The standard InChI is InChI=1S/C7H9ClN2O2S/c1-10-7-4-5(13(9,11)12)2-3-6(7)8/h2-4,10H,1H3,(H2,9,11,12). The summed E-state index contributed by atoms with van der Waals surface area (Å²) in [5, 5.41) is 8.14. The molecule has 0 bridgehead atoms. The summed E-state index contributed by atoms with van der Waals surface area (Å²) in [4.78, 5) is 0.0428. The summed E-state index contributed by atoms with van der Waals surface area (Å²) in [7, 11) is -2.00. The minimum Gasteiger partial charge on any atom is -0.387 e. The summed E-state index contributed by atoms with van der Waals surface area (Å²) >= 11 is 5.75. The number of hydrogen-bond donors (Lipinski definition) is 2. The molecule has 0 atom stereocenters. The first-order valence-electron chi connectivity index (χ1n) is 3.45. The minimum atomic E-state index is -3.65. The number of benzene rings is 1. The smallest absolute Gasteiger partial charge is 0.238 e. The monoisotopic (exact) mass is 220 g/mol. The molecule has 72 valence electrons. The van der Waals surface area contributed by atoms with E-state index in [9.17, 15) is 8.42 Å². The summed E-state index contributed by atoms with van der Waals surface area (Å²) in [6, 6.07) is 4.23. The highest BCUT2D eigenvalue weighted by Crippen LogP contribution is 2.23. The fourth-order valence-corrected chi connectivity index (χ4v) is 1.62. The van der Waals surface area contributed by atoms with E-state index >= 15 is 0 Å². The van der Waals surface area contributed by atoms with E-state index in [1.165, 1.54) is 18.2 Å². The Kier molecular flexibility index (Phi) is 2.80. The Morgan fingerprint density at radius 2 is 2.08 bits per heavy atom. The zero-order chi connectivity index (χ0) is 10.1. The summed E-state index contributed by atoms with van der Waals surface area (Å²) < 4.78 is 21.8. The van der Waals surface area contributed by atoms with E-state index in [0.29, 0.717) is 10.7 Å². The number of nitrogens with two attached hydrogens (primary N) is 1. The number of anilines is 1. The zero-order valence-corrected chi connectivity index (χ0v) is 8.48. The van der Waals surface area contributed by atoms with E-state index < -0.39 is 10.0 Å². The Morgan fingerprint density at radius 3 is 2.54 bits per heavy atom.